The van der Waals surface area contributed by atoms with Crippen molar-refractivity contribution in [2.24, 2.45) is 0 Å². The summed E-state index contributed by atoms with van der Waals surface area (Å²) in [4.78, 5) is 12.7. The van der Waals surface area contributed by atoms with Crippen molar-refractivity contribution < 1.29 is 8.81 Å². The molecule has 122 valence electrons. The van der Waals surface area contributed by atoms with Crippen molar-refractivity contribution in [2.75, 3.05) is 0 Å². The molecular formula is C21H13FO2Se. The molecule has 0 bridgehead atoms. The van der Waals surface area contributed by atoms with E-state index in [1.54, 1.807) is 18.2 Å². The number of fused-ring (bicyclic) bond motifs is 1. The van der Waals surface area contributed by atoms with E-state index in [9.17, 15) is 9.18 Å². The fourth-order valence-electron chi connectivity index (χ4n) is 2.74. The van der Waals surface area contributed by atoms with Crippen LogP contribution >= 0.6 is 0 Å². The van der Waals surface area contributed by atoms with Gasteiger partial charge in [0.1, 0.15) is 0 Å². The van der Waals surface area contributed by atoms with E-state index in [-0.39, 0.29) is 26.4 Å². The van der Waals surface area contributed by atoms with Crippen LogP contribution in [0, 0.1) is 5.82 Å². The number of halogens is 1. The van der Waals surface area contributed by atoms with Crippen LogP contribution in [-0.2, 0) is 0 Å². The molecule has 3 aromatic carbocycles. The second-order valence-electron chi connectivity index (χ2n) is 5.51. The molecule has 0 amide bonds. The summed E-state index contributed by atoms with van der Waals surface area (Å²) in [6.07, 6.45) is 0. The Labute approximate surface area is 150 Å². The summed E-state index contributed by atoms with van der Waals surface area (Å²) in [6.45, 7) is 0. The van der Waals surface area contributed by atoms with Crippen molar-refractivity contribution in [3.63, 3.8) is 0 Å². The van der Waals surface area contributed by atoms with E-state index in [0.717, 1.165) is 21.0 Å². The van der Waals surface area contributed by atoms with Crippen molar-refractivity contribution in [3.05, 3.63) is 95.1 Å². The molecule has 2 nitrogen and oxygen atoms in total. The number of hydrogen-bond acceptors (Lipinski definition) is 2. The van der Waals surface area contributed by atoms with Crippen LogP contribution in [0.2, 0.25) is 0 Å². The van der Waals surface area contributed by atoms with E-state index < -0.39 is 0 Å². The monoisotopic (exact) mass is 396 g/mol. The molecule has 4 aromatic rings. The first kappa shape index (κ1) is 15.8. The average molecular weight is 395 g/mol. The van der Waals surface area contributed by atoms with E-state index in [0.29, 0.717) is 10.0 Å². The molecule has 0 aliphatic carbocycles. The van der Waals surface area contributed by atoms with Gasteiger partial charge in [0.25, 0.3) is 0 Å². The van der Waals surface area contributed by atoms with Gasteiger partial charge in [0, 0.05) is 0 Å². The second-order valence-corrected chi connectivity index (χ2v) is 7.79. The first-order valence-corrected chi connectivity index (χ1v) is 9.48. The number of benzene rings is 3. The van der Waals surface area contributed by atoms with Gasteiger partial charge in [-0.1, -0.05) is 0 Å². The van der Waals surface area contributed by atoms with Gasteiger partial charge >= 0.3 is 150 Å². The van der Waals surface area contributed by atoms with Gasteiger partial charge in [-0.3, -0.25) is 0 Å². The summed E-state index contributed by atoms with van der Waals surface area (Å²) in [5, 5.41) is 0.910. The molecule has 1 heterocycles. The van der Waals surface area contributed by atoms with Crippen molar-refractivity contribution in [3.8, 4) is 11.1 Å². The Balaban J connectivity index is 1.98. The van der Waals surface area contributed by atoms with E-state index in [1.807, 2.05) is 48.5 Å². The van der Waals surface area contributed by atoms with Crippen LogP contribution in [0.15, 0.2) is 88.1 Å². The van der Waals surface area contributed by atoms with E-state index >= 15 is 0 Å². The summed E-state index contributed by atoms with van der Waals surface area (Å²) in [6, 6.07) is 23.7. The zero-order valence-electron chi connectivity index (χ0n) is 13.1. The molecule has 0 saturated heterocycles. The number of hydrogen-bond donors (Lipinski definition) is 0. The Kier molecular flexibility index (Phi) is 4.22. The summed E-state index contributed by atoms with van der Waals surface area (Å²) in [7, 11) is 0. The summed E-state index contributed by atoms with van der Waals surface area (Å²) < 4.78 is 20.3. The van der Waals surface area contributed by atoms with Crippen LogP contribution in [0.3, 0.4) is 0 Å². The molecule has 0 saturated carbocycles. The average Bonchev–Trinajstić information content (AvgIpc) is 2.65. The van der Waals surface area contributed by atoms with Gasteiger partial charge in [0.2, 0.25) is 0 Å². The van der Waals surface area contributed by atoms with Crippen molar-refractivity contribution >= 4 is 34.8 Å². The molecular weight excluding hydrogens is 382 g/mol. The Morgan fingerprint density at radius 2 is 1.48 bits per heavy atom. The molecule has 25 heavy (non-hydrogen) atoms. The maximum absolute atomic E-state index is 13.2. The van der Waals surface area contributed by atoms with E-state index in [4.69, 9.17) is 4.42 Å². The molecule has 4 heteroatoms. The number of para-hydroxylation sites is 1. The van der Waals surface area contributed by atoms with Crippen molar-refractivity contribution in [1.82, 2.24) is 0 Å². The van der Waals surface area contributed by atoms with Gasteiger partial charge in [-0.15, -0.1) is 0 Å². The molecule has 0 spiro atoms. The molecule has 0 atom stereocenters. The fraction of sp³-hybridized carbons (Fsp3) is 0. The summed E-state index contributed by atoms with van der Waals surface area (Å²) >= 11 is -0.288. The third kappa shape index (κ3) is 3.14. The predicted octanol–water partition coefficient (Wildman–Crippen LogP) is 3.25. The standard InChI is InChI=1S/C21H13FO2Se/c22-15-10-12-16(13-11-15)25-20-19(14-6-2-1-3-7-14)17-8-4-5-9-18(17)24-21(20)23/h1-13H. The quantitative estimate of drug-likeness (QED) is 0.394. The van der Waals surface area contributed by atoms with Crippen molar-refractivity contribution in [2.45, 2.75) is 0 Å². The normalized spacial score (nSPS) is 10.9. The molecule has 0 unspecified atom stereocenters. The zero-order valence-corrected chi connectivity index (χ0v) is 14.8. The minimum absolute atomic E-state index is 0.284. The third-order valence-electron chi connectivity index (χ3n) is 3.87. The minimum atomic E-state index is -0.332. The molecule has 0 aliphatic rings. The molecule has 4 rings (SSSR count). The fourth-order valence-corrected chi connectivity index (χ4v) is 4.76. The van der Waals surface area contributed by atoms with Crippen molar-refractivity contribution in [1.29, 1.82) is 0 Å². The Bertz CT molecular complexity index is 1090. The first-order chi connectivity index (χ1) is 12.2. The van der Waals surface area contributed by atoms with Crippen LogP contribution in [0.5, 0.6) is 0 Å². The first-order valence-electron chi connectivity index (χ1n) is 7.77. The zero-order chi connectivity index (χ0) is 17.2. The van der Waals surface area contributed by atoms with Crippen LogP contribution < -0.4 is 14.5 Å². The summed E-state index contributed by atoms with van der Waals surface area (Å²) in [5.41, 5.74) is 2.12. The van der Waals surface area contributed by atoms with Gasteiger partial charge in [-0.2, -0.15) is 0 Å². The van der Waals surface area contributed by atoms with Gasteiger partial charge < -0.3 is 0 Å². The Morgan fingerprint density at radius 1 is 0.800 bits per heavy atom. The van der Waals surface area contributed by atoms with Gasteiger partial charge in [-0.05, 0) is 0 Å². The molecule has 0 radical (unpaired) electrons. The van der Waals surface area contributed by atoms with Crippen LogP contribution in [-0.4, -0.2) is 15.0 Å². The molecule has 1 aromatic heterocycles. The van der Waals surface area contributed by atoms with E-state index in [1.165, 1.54) is 12.1 Å². The van der Waals surface area contributed by atoms with Gasteiger partial charge in [0.05, 0.1) is 0 Å². The molecule has 0 aliphatic heterocycles. The van der Waals surface area contributed by atoms with Crippen LogP contribution in [0.4, 0.5) is 4.39 Å². The number of rotatable bonds is 3. The van der Waals surface area contributed by atoms with Crippen LogP contribution in [0.25, 0.3) is 22.1 Å². The van der Waals surface area contributed by atoms with Crippen LogP contribution in [0.1, 0.15) is 0 Å². The SMILES string of the molecule is O=c1oc2ccccc2c(-c2ccccc2)c1[Se]c1ccc(F)cc1. The predicted molar refractivity (Wildman–Crippen MR) is 99.3 cm³/mol. The van der Waals surface area contributed by atoms with E-state index in [2.05, 4.69) is 0 Å². The topological polar surface area (TPSA) is 30.2 Å². The van der Waals surface area contributed by atoms with Gasteiger partial charge in [0.15, 0.2) is 0 Å². The van der Waals surface area contributed by atoms with Gasteiger partial charge in [-0.25, -0.2) is 0 Å². The molecule has 0 fully saturated rings. The Hall–Kier alpha value is -2.68. The molecule has 0 N–H and O–H groups in total. The third-order valence-corrected chi connectivity index (χ3v) is 6.14. The summed E-state index contributed by atoms with van der Waals surface area (Å²) in [5.74, 6) is -0.284. The maximum atomic E-state index is 13.2. The Morgan fingerprint density at radius 3 is 2.24 bits per heavy atom. The second kappa shape index (κ2) is 6.67.